The van der Waals surface area contributed by atoms with Crippen LogP contribution < -0.4 is 5.48 Å². The molecule has 0 aromatic heterocycles. The number of carbonyl (C=O) groups is 2. The Labute approximate surface area is 84.4 Å². The Bertz CT molecular complexity index is 221. The van der Waals surface area contributed by atoms with E-state index in [2.05, 4.69) is 10.3 Å². The molecule has 14 heavy (non-hydrogen) atoms. The third kappa shape index (κ3) is 3.74. The molecule has 0 aliphatic heterocycles. The maximum atomic E-state index is 11.4. The summed E-state index contributed by atoms with van der Waals surface area (Å²) in [5.41, 5.74) is 1.68. The number of hydrogen-bond acceptors (Lipinski definition) is 3. The number of likely N-dealkylation sites (N-methyl/N-ethyl adjacent to an activating group) is 1. The standard InChI is InChI=1S/C9H18N2O3/c1-6-14-10-7(12)8(13)11(5)9(2,3)4/h6H2,1-5H3,(H,10,12). The Morgan fingerprint density at radius 1 is 1.36 bits per heavy atom. The highest BCUT2D eigenvalue weighted by atomic mass is 16.6. The quantitative estimate of drug-likeness (QED) is 0.518. The molecule has 2 amide bonds. The molecule has 0 aliphatic rings. The van der Waals surface area contributed by atoms with Crippen molar-refractivity contribution >= 4 is 11.8 Å². The summed E-state index contributed by atoms with van der Waals surface area (Å²) in [7, 11) is 1.58. The van der Waals surface area contributed by atoms with E-state index in [1.165, 1.54) is 4.90 Å². The predicted octanol–water partition coefficient (Wildman–Crippen LogP) is 0.311. The number of hydrogen-bond donors (Lipinski definition) is 1. The molecule has 0 fully saturated rings. The zero-order valence-corrected chi connectivity index (χ0v) is 9.38. The molecule has 5 heteroatoms. The van der Waals surface area contributed by atoms with E-state index >= 15 is 0 Å². The van der Waals surface area contributed by atoms with Crippen molar-refractivity contribution in [1.29, 1.82) is 0 Å². The lowest BCUT2D eigenvalue weighted by Gasteiger charge is -2.31. The molecule has 0 aromatic rings. The van der Waals surface area contributed by atoms with Crippen molar-refractivity contribution in [2.24, 2.45) is 0 Å². The van der Waals surface area contributed by atoms with Crippen LogP contribution in [0.4, 0.5) is 0 Å². The average Bonchev–Trinajstić information content (AvgIpc) is 2.10. The highest BCUT2D eigenvalue weighted by Gasteiger charge is 2.27. The van der Waals surface area contributed by atoms with Crippen LogP contribution in [0.2, 0.25) is 0 Å². The smallest absolute Gasteiger partial charge is 0.333 e. The van der Waals surface area contributed by atoms with Crippen molar-refractivity contribution in [3.8, 4) is 0 Å². The van der Waals surface area contributed by atoms with Crippen LogP contribution in [-0.4, -0.2) is 35.9 Å². The number of hydroxylamine groups is 1. The van der Waals surface area contributed by atoms with Gasteiger partial charge in [-0.05, 0) is 27.7 Å². The fourth-order valence-electron chi connectivity index (χ4n) is 0.638. The van der Waals surface area contributed by atoms with Gasteiger partial charge in [-0.1, -0.05) is 0 Å². The van der Waals surface area contributed by atoms with Crippen molar-refractivity contribution < 1.29 is 14.4 Å². The van der Waals surface area contributed by atoms with Crippen LogP contribution in [0.3, 0.4) is 0 Å². The zero-order valence-electron chi connectivity index (χ0n) is 9.38. The highest BCUT2D eigenvalue weighted by molar-refractivity contribution is 6.34. The van der Waals surface area contributed by atoms with E-state index in [9.17, 15) is 9.59 Å². The van der Waals surface area contributed by atoms with Gasteiger partial charge in [0.1, 0.15) is 0 Å². The fraction of sp³-hybridized carbons (Fsp3) is 0.778. The first-order valence-electron chi connectivity index (χ1n) is 4.50. The zero-order chi connectivity index (χ0) is 11.4. The van der Waals surface area contributed by atoms with Crippen LogP contribution in [0.1, 0.15) is 27.7 Å². The Balaban J connectivity index is 4.26. The normalized spacial score (nSPS) is 10.9. The third-order valence-corrected chi connectivity index (χ3v) is 1.81. The first-order valence-corrected chi connectivity index (χ1v) is 4.50. The summed E-state index contributed by atoms with van der Waals surface area (Å²) in [5, 5.41) is 0. The Morgan fingerprint density at radius 3 is 2.21 bits per heavy atom. The van der Waals surface area contributed by atoms with Gasteiger partial charge in [0.05, 0.1) is 6.61 Å². The molecule has 1 N–H and O–H groups in total. The molecule has 0 heterocycles. The van der Waals surface area contributed by atoms with Crippen molar-refractivity contribution in [1.82, 2.24) is 10.4 Å². The summed E-state index contributed by atoms with van der Waals surface area (Å²) in [4.78, 5) is 28.6. The van der Waals surface area contributed by atoms with Gasteiger partial charge in [-0.25, -0.2) is 5.48 Å². The maximum absolute atomic E-state index is 11.4. The SMILES string of the molecule is CCONC(=O)C(=O)N(C)C(C)(C)C. The van der Waals surface area contributed by atoms with E-state index in [4.69, 9.17) is 0 Å². The van der Waals surface area contributed by atoms with Crippen LogP contribution in [0.15, 0.2) is 0 Å². The second-order valence-corrected chi connectivity index (χ2v) is 3.90. The molecule has 0 bridgehead atoms. The highest BCUT2D eigenvalue weighted by Crippen LogP contribution is 2.10. The van der Waals surface area contributed by atoms with Gasteiger partial charge in [0.2, 0.25) is 0 Å². The van der Waals surface area contributed by atoms with Gasteiger partial charge in [0.15, 0.2) is 0 Å². The van der Waals surface area contributed by atoms with E-state index in [1.54, 1.807) is 14.0 Å². The molecule has 0 saturated carbocycles. The summed E-state index contributed by atoms with van der Waals surface area (Å²) < 4.78 is 0. The number of amides is 2. The van der Waals surface area contributed by atoms with E-state index in [1.807, 2.05) is 20.8 Å². The van der Waals surface area contributed by atoms with Crippen molar-refractivity contribution in [2.75, 3.05) is 13.7 Å². The lowest BCUT2D eigenvalue weighted by molar-refractivity contribution is -0.154. The van der Waals surface area contributed by atoms with Crippen molar-refractivity contribution in [3.63, 3.8) is 0 Å². The molecular formula is C9H18N2O3. The molecule has 5 nitrogen and oxygen atoms in total. The Hall–Kier alpha value is -1.10. The molecule has 0 unspecified atom stereocenters. The van der Waals surface area contributed by atoms with E-state index < -0.39 is 11.8 Å². The van der Waals surface area contributed by atoms with Crippen LogP contribution in [0, 0.1) is 0 Å². The number of carbonyl (C=O) groups excluding carboxylic acids is 2. The molecule has 0 aliphatic carbocycles. The Morgan fingerprint density at radius 2 is 1.86 bits per heavy atom. The summed E-state index contributed by atoms with van der Waals surface area (Å²) in [6.07, 6.45) is 0. The topological polar surface area (TPSA) is 58.6 Å². The second-order valence-electron chi connectivity index (χ2n) is 3.90. The van der Waals surface area contributed by atoms with Gasteiger partial charge in [-0.3, -0.25) is 14.4 Å². The lowest BCUT2D eigenvalue weighted by Crippen LogP contribution is -2.49. The summed E-state index contributed by atoms with van der Waals surface area (Å²) >= 11 is 0. The molecule has 0 radical (unpaired) electrons. The van der Waals surface area contributed by atoms with Gasteiger partial charge >= 0.3 is 11.8 Å². The van der Waals surface area contributed by atoms with Crippen LogP contribution in [0.5, 0.6) is 0 Å². The fourth-order valence-corrected chi connectivity index (χ4v) is 0.638. The van der Waals surface area contributed by atoms with E-state index in [0.717, 1.165) is 0 Å². The van der Waals surface area contributed by atoms with Crippen molar-refractivity contribution in [3.05, 3.63) is 0 Å². The third-order valence-electron chi connectivity index (χ3n) is 1.81. The molecule has 0 saturated heterocycles. The molecular weight excluding hydrogens is 184 g/mol. The van der Waals surface area contributed by atoms with Gasteiger partial charge < -0.3 is 4.90 Å². The van der Waals surface area contributed by atoms with Gasteiger partial charge in [-0.2, -0.15) is 0 Å². The summed E-state index contributed by atoms with van der Waals surface area (Å²) in [6.45, 7) is 7.59. The first kappa shape index (κ1) is 12.9. The average molecular weight is 202 g/mol. The lowest BCUT2D eigenvalue weighted by atomic mass is 10.1. The van der Waals surface area contributed by atoms with Gasteiger partial charge in [-0.15, -0.1) is 0 Å². The maximum Gasteiger partial charge on any atom is 0.333 e. The van der Waals surface area contributed by atoms with Crippen molar-refractivity contribution in [2.45, 2.75) is 33.2 Å². The molecule has 0 spiro atoms. The number of nitrogens with zero attached hydrogens (tertiary/aromatic N) is 1. The molecule has 0 atom stereocenters. The Kier molecular flexibility index (Phi) is 4.56. The first-order chi connectivity index (χ1) is 6.30. The predicted molar refractivity (Wildman–Crippen MR) is 52.3 cm³/mol. The minimum Gasteiger partial charge on any atom is -0.333 e. The van der Waals surface area contributed by atoms with Crippen LogP contribution >= 0.6 is 0 Å². The molecule has 82 valence electrons. The number of rotatable bonds is 2. The summed E-state index contributed by atoms with van der Waals surface area (Å²) in [5.74, 6) is -1.35. The molecule has 0 aromatic carbocycles. The minimum atomic E-state index is -0.746. The van der Waals surface area contributed by atoms with Gasteiger partial charge in [0, 0.05) is 12.6 Å². The number of nitrogens with one attached hydrogen (secondary N) is 1. The molecule has 0 rings (SSSR count). The van der Waals surface area contributed by atoms with Gasteiger partial charge in [0.25, 0.3) is 0 Å². The second kappa shape index (κ2) is 4.95. The monoisotopic (exact) mass is 202 g/mol. The van der Waals surface area contributed by atoms with E-state index in [-0.39, 0.29) is 5.54 Å². The largest absolute Gasteiger partial charge is 0.333 e. The van der Waals surface area contributed by atoms with E-state index in [0.29, 0.717) is 6.61 Å². The summed E-state index contributed by atoms with van der Waals surface area (Å²) in [6, 6.07) is 0. The van der Waals surface area contributed by atoms with Crippen LogP contribution in [-0.2, 0) is 14.4 Å². The van der Waals surface area contributed by atoms with Crippen LogP contribution in [0.25, 0.3) is 0 Å². The minimum absolute atomic E-state index is 0.332.